The average molecular weight is 746 g/mol. The molecule has 0 saturated heterocycles. The fraction of sp³-hybridized carbons (Fsp3) is 0.537. The maximum Gasteiger partial charge on any atom is 0.507 e. The number of nitrogens with one attached hydrogen (secondary N) is 1. The third-order valence-electron chi connectivity index (χ3n) is 9.50. The lowest BCUT2D eigenvalue weighted by molar-refractivity contribution is -0.601. The van der Waals surface area contributed by atoms with Crippen molar-refractivity contribution in [1.29, 1.82) is 0 Å². The van der Waals surface area contributed by atoms with Crippen molar-refractivity contribution in [3.63, 3.8) is 0 Å². The van der Waals surface area contributed by atoms with Crippen LogP contribution in [0, 0.1) is 5.21 Å². The van der Waals surface area contributed by atoms with Gasteiger partial charge in [0.05, 0.1) is 20.1 Å². The number of esters is 1. The van der Waals surface area contributed by atoms with E-state index < -0.39 is 29.4 Å². The molecule has 13 heteroatoms. The van der Waals surface area contributed by atoms with Gasteiger partial charge in [0.1, 0.15) is 23.5 Å². The summed E-state index contributed by atoms with van der Waals surface area (Å²) >= 11 is 0. The van der Waals surface area contributed by atoms with E-state index in [0.29, 0.717) is 49.9 Å². The monoisotopic (exact) mass is 745 g/mol. The number of carbonyl (C=O) groups excluding carboxylic acids is 3. The van der Waals surface area contributed by atoms with Gasteiger partial charge in [-0.1, -0.05) is 36.4 Å². The molecular formula is C41H55N5O8. The van der Waals surface area contributed by atoms with Crippen LogP contribution in [0.25, 0.3) is 0 Å². The minimum atomic E-state index is -0.702. The van der Waals surface area contributed by atoms with E-state index in [9.17, 15) is 19.6 Å². The fourth-order valence-electron chi connectivity index (χ4n) is 6.66. The number of methoxy groups -OCH3 is 1. The van der Waals surface area contributed by atoms with Gasteiger partial charge >= 0.3 is 18.2 Å². The Morgan fingerprint density at radius 2 is 1.69 bits per heavy atom. The molecule has 1 N–H and O–H groups in total. The van der Waals surface area contributed by atoms with Gasteiger partial charge in [-0.05, 0) is 90.5 Å². The van der Waals surface area contributed by atoms with E-state index in [1.54, 1.807) is 17.2 Å². The first kappa shape index (κ1) is 40.3. The van der Waals surface area contributed by atoms with Crippen molar-refractivity contribution >= 4 is 24.0 Å². The summed E-state index contributed by atoms with van der Waals surface area (Å²) in [5.74, 6) is 0.423. The Labute approximate surface area is 318 Å². The van der Waals surface area contributed by atoms with E-state index in [0.717, 1.165) is 40.7 Å². The summed E-state index contributed by atoms with van der Waals surface area (Å²) in [7, 11) is 1.54. The van der Waals surface area contributed by atoms with Crippen LogP contribution in [0.5, 0.6) is 5.88 Å². The number of anilines is 1. The van der Waals surface area contributed by atoms with Crippen molar-refractivity contribution in [2.45, 2.75) is 109 Å². The topological polar surface area (TPSA) is 146 Å². The summed E-state index contributed by atoms with van der Waals surface area (Å²) in [6.07, 6.45) is 4.26. The highest BCUT2D eigenvalue weighted by atomic mass is 16.6. The van der Waals surface area contributed by atoms with Gasteiger partial charge in [-0.3, -0.25) is 4.79 Å². The van der Waals surface area contributed by atoms with Crippen LogP contribution in [0.4, 0.5) is 15.4 Å². The molecule has 0 bridgehead atoms. The van der Waals surface area contributed by atoms with E-state index in [1.165, 1.54) is 12.0 Å². The molecule has 1 spiro atoms. The second kappa shape index (κ2) is 17.0. The number of pyridine rings is 2. The summed E-state index contributed by atoms with van der Waals surface area (Å²) in [5, 5.41) is 17.4. The minimum Gasteiger partial charge on any atom is -0.710 e. The van der Waals surface area contributed by atoms with E-state index in [4.69, 9.17) is 18.9 Å². The lowest BCUT2D eigenvalue weighted by Gasteiger charge is -2.32. The number of ether oxygens (including phenoxy) is 4. The first-order valence-corrected chi connectivity index (χ1v) is 18.7. The predicted molar refractivity (Wildman–Crippen MR) is 203 cm³/mol. The number of aryl methyl sites for hydroxylation is 1. The Bertz CT molecular complexity index is 1750. The molecule has 2 amide bonds. The Balaban J connectivity index is 1.29. The molecule has 1 atom stereocenters. The Hall–Kier alpha value is -4.91. The number of nitrogens with zero attached hydrogens (tertiary/aromatic N) is 4. The molecule has 1 aliphatic carbocycles. The molecule has 1 aliphatic heterocycles. The number of rotatable bonds is 14. The summed E-state index contributed by atoms with van der Waals surface area (Å²) in [5.41, 5.74) is 1.61. The highest BCUT2D eigenvalue weighted by Gasteiger charge is 2.54. The summed E-state index contributed by atoms with van der Waals surface area (Å²) in [6, 6.07) is 16.4. The molecule has 5 rings (SSSR count). The SMILES string of the molecule is COc1ccc([C@H](CC(=O)OC(C)(C)C)NCCN(CCCc2ccc3c([n+]2[O-])N(C(=O)OC(C)(C)C)CCC32CC2)C(=O)OCc2ccccc2)cn1. The fourth-order valence-corrected chi connectivity index (χ4v) is 6.66. The lowest BCUT2D eigenvalue weighted by atomic mass is 9.88. The molecule has 0 radical (unpaired) electrons. The maximum absolute atomic E-state index is 14.0. The number of carbonyl (C=O) groups is 3. The number of hydrogen-bond acceptors (Lipinski definition) is 10. The molecule has 292 valence electrons. The maximum atomic E-state index is 14.0. The Morgan fingerprint density at radius 1 is 0.963 bits per heavy atom. The minimum absolute atomic E-state index is 0.0488. The van der Waals surface area contributed by atoms with E-state index in [2.05, 4.69) is 10.3 Å². The average Bonchev–Trinajstić information content (AvgIpc) is 3.89. The van der Waals surface area contributed by atoms with Crippen LogP contribution in [0.2, 0.25) is 0 Å². The van der Waals surface area contributed by atoms with Crippen LogP contribution in [-0.4, -0.2) is 72.5 Å². The summed E-state index contributed by atoms with van der Waals surface area (Å²) < 4.78 is 23.1. The third-order valence-corrected chi connectivity index (χ3v) is 9.50. The van der Waals surface area contributed by atoms with Crippen molar-refractivity contribution in [1.82, 2.24) is 15.2 Å². The van der Waals surface area contributed by atoms with Gasteiger partial charge in [0.15, 0.2) is 0 Å². The van der Waals surface area contributed by atoms with Crippen LogP contribution in [0.3, 0.4) is 0 Å². The molecule has 2 aromatic heterocycles. The van der Waals surface area contributed by atoms with Crippen molar-refractivity contribution in [3.05, 3.63) is 88.4 Å². The quantitative estimate of drug-likeness (QED) is 0.0836. The normalized spacial score (nSPS) is 15.2. The second-order valence-corrected chi connectivity index (χ2v) is 16.1. The molecule has 0 unspecified atom stereocenters. The van der Waals surface area contributed by atoms with Gasteiger partial charge in [0.2, 0.25) is 5.88 Å². The zero-order valence-electron chi connectivity index (χ0n) is 32.7. The highest BCUT2D eigenvalue weighted by molar-refractivity contribution is 5.88. The van der Waals surface area contributed by atoms with Crippen LogP contribution < -0.4 is 19.7 Å². The number of aromatic nitrogens is 2. The van der Waals surface area contributed by atoms with Crippen LogP contribution in [0.1, 0.15) is 102 Å². The number of fused-ring (bicyclic) bond motifs is 2. The van der Waals surface area contributed by atoms with Gasteiger partial charge in [0, 0.05) is 55.3 Å². The molecule has 1 fully saturated rings. The van der Waals surface area contributed by atoms with E-state index >= 15 is 0 Å². The first-order chi connectivity index (χ1) is 25.6. The third kappa shape index (κ3) is 10.8. The van der Waals surface area contributed by atoms with Crippen LogP contribution in [0.15, 0.2) is 60.8 Å². The van der Waals surface area contributed by atoms with Gasteiger partial charge in [0.25, 0.3) is 5.82 Å². The zero-order chi connectivity index (χ0) is 39.1. The number of amides is 2. The molecular weight excluding hydrogens is 690 g/mol. The molecule has 3 heterocycles. The van der Waals surface area contributed by atoms with Gasteiger partial charge in [-0.15, -0.1) is 0 Å². The van der Waals surface area contributed by atoms with Gasteiger partial charge in [-0.25, -0.2) is 14.5 Å². The largest absolute Gasteiger partial charge is 0.710 e. The van der Waals surface area contributed by atoms with Crippen LogP contribution in [-0.2, 0) is 37.4 Å². The number of hydrogen-bond donors (Lipinski definition) is 1. The standard InChI is InChI=1S/C41H55N5O8/c1-39(2,3)53-35(47)26-33(30-15-18-34(51-7)43-27-30)42-22-25-44(37(48)52-28-29-12-9-8-10-13-29)23-11-14-31-16-17-32-36(46(31)50)45(24-21-41(32)19-20-41)38(49)54-40(4,5)6/h8-10,12-13,15-18,27,33,42H,11,14,19-26,28H2,1-7H3/t33-/m0/s1. The second-order valence-electron chi connectivity index (χ2n) is 16.1. The zero-order valence-corrected chi connectivity index (χ0v) is 32.7. The van der Waals surface area contributed by atoms with Crippen molar-refractivity contribution < 1.29 is 38.1 Å². The summed E-state index contributed by atoms with van der Waals surface area (Å²) in [6.45, 7) is 12.3. The van der Waals surface area contributed by atoms with Crippen molar-refractivity contribution in [3.8, 4) is 5.88 Å². The van der Waals surface area contributed by atoms with Crippen LogP contribution >= 0.6 is 0 Å². The highest BCUT2D eigenvalue weighted by Crippen LogP contribution is 2.55. The van der Waals surface area contributed by atoms with E-state index in [-0.39, 0.29) is 31.0 Å². The molecule has 3 aromatic rings. The van der Waals surface area contributed by atoms with Crippen molar-refractivity contribution in [2.24, 2.45) is 0 Å². The molecule has 13 nitrogen and oxygen atoms in total. The molecule has 1 aromatic carbocycles. The summed E-state index contributed by atoms with van der Waals surface area (Å²) in [4.78, 5) is 47.1. The Kier molecular flexibility index (Phi) is 12.7. The molecule has 54 heavy (non-hydrogen) atoms. The van der Waals surface area contributed by atoms with Gasteiger partial charge < -0.3 is 34.4 Å². The smallest absolute Gasteiger partial charge is 0.507 e. The number of benzene rings is 1. The predicted octanol–water partition coefficient (Wildman–Crippen LogP) is 6.53. The van der Waals surface area contributed by atoms with Gasteiger partial charge in [-0.2, -0.15) is 9.69 Å². The van der Waals surface area contributed by atoms with E-state index in [1.807, 2.05) is 90.1 Å². The first-order valence-electron chi connectivity index (χ1n) is 18.7. The van der Waals surface area contributed by atoms with Crippen molar-refractivity contribution in [2.75, 3.05) is 38.2 Å². The lowest BCUT2D eigenvalue weighted by Crippen LogP contribution is -2.50. The Morgan fingerprint density at radius 3 is 2.31 bits per heavy atom. The molecule has 2 aliphatic rings. The molecule has 1 saturated carbocycles.